The topological polar surface area (TPSA) is 162 Å². The molecule has 5 atom stereocenters. The SMILES string of the molecule is CC(=O)N[C@@H](C=O)[C@@H](O)[C@@H](O)[C@H](O)COP(N)O. The molecule has 0 radical (unpaired) electrons. The van der Waals surface area contributed by atoms with Gasteiger partial charge in [0.25, 0.3) is 0 Å². The van der Waals surface area contributed by atoms with Gasteiger partial charge in [-0.2, -0.15) is 0 Å². The Bertz CT molecular complexity index is 278. The van der Waals surface area contributed by atoms with Crippen LogP contribution in [0.15, 0.2) is 0 Å². The van der Waals surface area contributed by atoms with Crippen molar-refractivity contribution < 1.29 is 34.3 Å². The van der Waals surface area contributed by atoms with Gasteiger partial charge in [-0.15, -0.1) is 0 Å². The van der Waals surface area contributed by atoms with Crippen LogP contribution in [0.1, 0.15) is 6.92 Å². The number of carbonyl (C=O) groups is 2. The fourth-order valence-corrected chi connectivity index (χ4v) is 1.43. The second-order valence-corrected chi connectivity index (χ2v) is 4.37. The van der Waals surface area contributed by atoms with Crippen LogP contribution in [-0.4, -0.2) is 63.4 Å². The monoisotopic (exact) mass is 284 g/mol. The van der Waals surface area contributed by atoms with Crippen molar-refractivity contribution in [2.45, 2.75) is 31.3 Å². The van der Waals surface area contributed by atoms with Gasteiger partial charge >= 0.3 is 0 Å². The maximum absolute atomic E-state index is 10.7. The number of carbonyl (C=O) groups excluding carboxylic acids is 2. The summed E-state index contributed by atoms with van der Waals surface area (Å²) in [4.78, 5) is 30.0. The van der Waals surface area contributed by atoms with Gasteiger partial charge in [-0.3, -0.25) is 10.3 Å². The number of aldehydes is 1. The van der Waals surface area contributed by atoms with Crippen molar-refractivity contribution in [2.75, 3.05) is 6.61 Å². The van der Waals surface area contributed by atoms with Crippen LogP contribution in [0.2, 0.25) is 0 Å². The van der Waals surface area contributed by atoms with Gasteiger partial charge in [0.2, 0.25) is 14.4 Å². The zero-order valence-electron chi connectivity index (χ0n) is 9.63. The van der Waals surface area contributed by atoms with Crippen LogP contribution < -0.4 is 10.8 Å². The molecule has 106 valence electrons. The molecule has 0 aliphatic carbocycles. The second-order valence-electron chi connectivity index (χ2n) is 3.51. The summed E-state index contributed by atoms with van der Waals surface area (Å²) in [6, 6.07) is -1.36. The van der Waals surface area contributed by atoms with Crippen molar-refractivity contribution in [3.8, 4) is 0 Å². The number of aliphatic hydroxyl groups is 3. The molecule has 0 saturated carbocycles. The zero-order chi connectivity index (χ0) is 14.3. The molecular formula is C8H17N2O7P. The molecule has 0 aromatic carbocycles. The molecule has 10 heteroatoms. The standard InChI is InChI=1S/C8H17N2O7P/c1-4(12)10-5(2-11)7(14)8(15)6(13)3-17-18(9)16/h2,5-8,13-16H,3,9H2,1H3,(H,10,12)/t5-,6+,7+,8-,18?/m0/s1. The van der Waals surface area contributed by atoms with Crippen LogP contribution >= 0.6 is 8.53 Å². The average molecular weight is 284 g/mol. The fraction of sp³-hybridized carbons (Fsp3) is 0.750. The number of aliphatic hydroxyl groups excluding tert-OH is 3. The molecule has 18 heavy (non-hydrogen) atoms. The molecule has 0 bridgehead atoms. The predicted molar refractivity (Wildman–Crippen MR) is 61.0 cm³/mol. The fourth-order valence-electron chi connectivity index (χ4n) is 1.13. The first-order valence-electron chi connectivity index (χ1n) is 4.92. The van der Waals surface area contributed by atoms with Gasteiger partial charge in [-0.1, -0.05) is 0 Å². The van der Waals surface area contributed by atoms with Gasteiger partial charge in [0, 0.05) is 6.92 Å². The summed E-state index contributed by atoms with van der Waals surface area (Å²) < 4.78 is 4.47. The molecule has 0 aliphatic rings. The van der Waals surface area contributed by atoms with E-state index in [4.69, 9.17) is 10.4 Å². The highest BCUT2D eigenvalue weighted by Gasteiger charge is 2.32. The number of rotatable bonds is 8. The first-order valence-corrected chi connectivity index (χ1v) is 6.21. The molecule has 1 amide bonds. The highest BCUT2D eigenvalue weighted by molar-refractivity contribution is 7.43. The highest BCUT2D eigenvalue weighted by atomic mass is 31.2. The second kappa shape index (κ2) is 8.44. The number of hydrogen-bond donors (Lipinski definition) is 6. The maximum Gasteiger partial charge on any atom is 0.250 e. The van der Waals surface area contributed by atoms with Crippen molar-refractivity contribution >= 4 is 20.7 Å². The first-order chi connectivity index (χ1) is 8.29. The van der Waals surface area contributed by atoms with Crippen molar-refractivity contribution in [2.24, 2.45) is 5.50 Å². The van der Waals surface area contributed by atoms with E-state index in [-0.39, 0.29) is 6.29 Å². The van der Waals surface area contributed by atoms with Crippen molar-refractivity contribution in [3.05, 3.63) is 0 Å². The minimum absolute atomic E-state index is 0.227. The molecule has 0 rings (SSSR count). The Morgan fingerprint density at radius 1 is 1.44 bits per heavy atom. The Kier molecular flexibility index (Phi) is 8.12. The zero-order valence-corrected chi connectivity index (χ0v) is 10.5. The predicted octanol–water partition coefficient (Wildman–Crippen LogP) is -3.03. The molecular weight excluding hydrogens is 267 g/mol. The lowest BCUT2D eigenvalue weighted by atomic mass is 10.0. The normalized spacial score (nSPS) is 19.4. The van der Waals surface area contributed by atoms with Gasteiger partial charge < -0.3 is 34.8 Å². The van der Waals surface area contributed by atoms with Crippen LogP contribution in [0.25, 0.3) is 0 Å². The highest BCUT2D eigenvalue weighted by Crippen LogP contribution is 2.20. The average Bonchev–Trinajstić information content (AvgIpc) is 2.30. The third kappa shape index (κ3) is 6.31. The minimum Gasteiger partial charge on any atom is -0.388 e. The van der Waals surface area contributed by atoms with Gasteiger partial charge in [0.15, 0.2) is 0 Å². The Labute approximate surface area is 105 Å². The smallest absolute Gasteiger partial charge is 0.250 e. The quantitative estimate of drug-likeness (QED) is 0.202. The van der Waals surface area contributed by atoms with E-state index >= 15 is 0 Å². The van der Waals surface area contributed by atoms with Gasteiger partial charge in [-0.25, -0.2) is 0 Å². The van der Waals surface area contributed by atoms with Crippen molar-refractivity contribution in [1.29, 1.82) is 0 Å². The van der Waals surface area contributed by atoms with Gasteiger partial charge in [0.1, 0.15) is 30.6 Å². The van der Waals surface area contributed by atoms with Crippen molar-refractivity contribution in [1.82, 2.24) is 5.32 Å². The molecule has 0 aromatic rings. The molecule has 0 aromatic heterocycles. The molecule has 0 heterocycles. The van der Waals surface area contributed by atoms with Crippen molar-refractivity contribution in [3.63, 3.8) is 0 Å². The summed E-state index contributed by atoms with van der Waals surface area (Å²) in [6.07, 6.45) is -4.81. The Morgan fingerprint density at radius 3 is 2.39 bits per heavy atom. The van der Waals surface area contributed by atoms with E-state index in [9.17, 15) is 24.9 Å². The largest absolute Gasteiger partial charge is 0.388 e. The van der Waals surface area contributed by atoms with E-state index in [2.05, 4.69) is 9.84 Å². The Morgan fingerprint density at radius 2 is 2.00 bits per heavy atom. The summed E-state index contributed by atoms with van der Waals surface area (Å²) in [6.45, 7) is 0.602. The molecule has 0 fully saturated rings. The molecule has 7 N–H and O–H groups in total. The summed E-state index contributed by atoms with van der Waals surface area (Å²) in [5.74, 6) is -0.579. The Hall–Kier alpha value is -0.670. The third-order valence-corrected chi connectivity index (χ3v) is 2.42. The van der Waals surface area contributed by atoms with E-state index in [1.807, 2.05) is 0 Å². The number of amides is 1. The molecule has 0 spiro atoms. The number of nitrogens with one attached hydrogen (secondary N) is 1. The maximum atomic E-state index is 10.7. The summed E-state index contributed by atoms with van der Waals surface area (Å²) in [5.41, 5.74) is 4.90. The van der Waals surface area contributed by atoms with Crippen LogP contribution in [-0.2, 0) is 14.1 Å². The minimum atomic E-state index is -2.20. The van der Waals surface area contributed by atoms with E-state index in [1.54, 1.807) is 0 Å². The van der Waals surface area contributed by atoms with Gasteiger partial charge in [-0.05, 0) is 0 Å². The van der Waals surface area contributed by atoms with E-state index in [0.29, 0.717) is 0 Å². The van der Waals surface area contributed by atoms with Crippen LogP contribution in [0, 0.1) is 0 Å². The molecule has 9 nitrogen and oxygen atoms in total. The van der Waals surface area contributed by atoms with E-state index in [0.717, 1.165) is 6.92 Å². The first kappa shape index (κ1) is 17.3. The van der Waals surface area contributed by atoms with Crippen LogP contribution in [0.4, 0.5) is 0 Å². The van der Waals surface area contributed by atoms with E-state index in [1.165, 1.54) is 0 Å². The lowest BCUT2D eigenvalue weighted by Gasteiger charge is -2.26. The molecule has 0 saturated heterocycles. The van der Waals surface area contributed by atoms with Gasteiger partial charge in [0.05, 0.1) is 6.61 Å². The summed E-state index contributed by atoms with van der Waals surface area (Å²) in [5, 5.41) is 30.6. The number of nitrogens with two attached hydrogens (primary N) is 1. The molecule has 0 aliphatic heterocycles. The lowest BCUT2D eigenvalue weighted by Crippen LogP contribution is -2.53. The third-order valence-electron chi connectivity index (χ3n) is 2.01. The van der Waals surface area contributed by atoms with E-state index < -0.39 is 45.4 Å². The summed E-state index contributed by atoms with van der Waals surface area (Å²) >= 11 is 0. The summed E-state index contributed by atoms with van der Waals surface area (Å²) in [7, 11) is -2.20. The van der Waals surface area contributed by atoms with Crippen LogP contribution in [0.3, 0.4) is 0 Å². The molecule has 1 unspecified atom stereocenters. The number of hydrogen-bond acceptors (Lipinski definition) is 8. The Balaban J connectivity index is 4.40. The van der Waals surface area contributed by atoms with Crippen LogP contribution in [0.5, 0.6) is 0 Å². The lowest BCUT2D eigenvalue weighted by molar-refractivity contribution is -0.129.